The second-order valence-electron chi connectivity index (χ2n) is 5.86. The molecule has 0 N–H and O–H groups in total. The van der Waals surface area contributed by atoms with Crippen molar-refractivity contribution in [3.05, 3.63) is 0 Å². The lowest BCUT2D eigenvalue weighted by atomic mass is 10.0. The van der Waals surface area contributed by atoms with E-state index in [2.05, 4.69) is 39.1 Å². The molecule has 0 fully saturated rings. The summed E-state index contributed by atoms with van der Waals surface area (Å²) in [5.41, 5.74) is 0. The van der Waals surface area contributed by atoms with E-state index < -0.39 is 0 Å². The molecule has 0 saturated heterocycles. The Bertz CT molecular complexity index is 161. The van der Waals surface area contributed by atoms with Gasteiger partial charge in [0.15, 0.2) is 0 Å². The molecule has 110 valence electrons. The molecule has 0 aromatic heterocycles. The average molecular weight is 291 g/mol. The Labute approximate surface area is 127 Å². The molecule has 0 bridgehead atoms. The summed E-state index contributed by atoms with van der Waals surface area (Å²) < 4.78 is -0.0709. The lowest BCUT2D eigenvalue weighted by molar-refractivity contribution is 0.537. The molecule has 0 aliphatic rings. The molecule has 0 heterocycles. The molecule has 0 aromatic rings. The third-order valence-corrected chi connectivity index (χ3v) is 3.95. The minimum atomic E-state index is -0.0709. The molecule has 0 aliphatic carbocycles. The Kier molecular flexibility index (Phi) is 13.2. The third-order valence-electron chi connectivity index (χ3n) is 3.50. The van der Waals surface area contributed by atoms with Crippen LogP contribution in [0.15, 0.2) is 0 Å². The molecule has 0 aliphatic heterocycles. The van der Waals surface area contributed by atoms with Gasteiger partial charge in [0.2, 0.25) is 0 Å². The van der Waals surface area contributed by atoms with E-state index in [9.17, 15) is 0 Å². The van der Waals surface area contributed by atoms with E-state index in [4.69, 9.17) is 0 Å². The van der Waals surface area contributed by atoms with Gasteiger partial charge in [-0.3, -0.25) is 0 Å². The number of rotatable bonds is 13. The quantitative estimate of drug-likeness (QED) is 0.212. The van der Waals surface area contributed by atoms with E-state index in [0.717, 1.165) is 6.42 Å². The zero-order valence-electron chi connectivity index (χ0n) is 12.6. The van der Waals surface area contributed by atoms with E-state index in [1.807, 2.05) is 0 Å². The van der Waals surface area contributed by atoms with E-state index >= 15 is 0 Å². The molecule has 0 unspecified atom stereocenters. The largest absolute Gasteiger partial charge is 0.162 e. The summed E-state index contributed by atoms with van der Waals surface area (Å²) in [4.78, 5) is 0. The van der Waals surface area contributed by atoms with E-state index in [1.54, 1.807) is 0 Å². The molecule has 0 amide bonds. The summed E-state index contributed by atoms with van der Waals surface area (Å²) in [5.74, 6) is 0. The number of thiol groups is 2. The maximum Gasteiger partial charge on any atom is 0.0523 e. The zero-order chi connectivity index (χ0) is 13.7. The summed E-state index contributed by atoms with van der Waals surface area (Å²) in [6.45, 7) is 4.36. The number of hydrogen-bond donors (Lipinski definition) is 2. The van der Waals surface area contributed by atoms with Gasteiger partial charge in [0.25, 0.3) is 0 Å². The van der Waals surface area contributed by atoms with Crippen LogP contribution in [-0.2, 0) is 0 Å². The fraction of sp³-hybridized carbons (Fsp3) is 1.00. The Morgan fingerprint density at radius 2 is 0.944 bits per heavy atom. The predicted molar refractivity (Wildman–Crippen MR) is 92.1 cm³/mol. The van der Waals surface area contributed by atoms with Gasteiger partial charge in [0.1, 0.15) is 0 Å². The van der Waals surface area contributed by atoms with Crippen molar-refractivity contribution in [3.63, 3.8) is 0 Å². The summed E-state index contributed by atoms with van der Waals surface area (Å²) in [5, 5.41) is 0. The van der Waals surface area contributed by atoms with Crippen molar-refractivity contribution in [2.24, 2.45) is 0 Å². The van der Waals surface area contributed by atoms with Crippen LogP contribution in [0, 0.1) is 0 Å². The van der Waals surface area contributed by atoms with Crippen molar-refractivity contribution in [1.29, 1.82) is 0 Å². The van der Waals surface area contributed by atoms with Crippen LogP contribution in [-0.4, -0.2) is 4.08 Å². The highest BCUT2D eigenvalue weighted by Crippen LogP contribution is 2.25. The third kappa shape index (κ3) is 16.7. The van der Waals surface area contributed by atoms with Gasteiger partial charge < -0.3 is 0 Å². The Hall–Kier alpha value is 0.700. The fourth-order valence-electron chi connectivity index (χ4n) is 2.30. The first-order valence-electron chi connectivity index (χ1n) is 8.01. The fourth-order valence-corrected chi connectivity index (χ4v) is 2.62. The molecule has 0 atom stereocenters. The molecule has 0 saturated carbocycles. The molecule has 0 rings (SSSR count). The van der Waals surface area contributed by atoms with Crippen LogP contribution >= 0.6 is 25.3 Å². The highest BCUT2D eigenvalue weighted by Gasteiger charge is 2.10. The first-order valence-corrected chi connectivity index (χ1v) is 8.90. The summed E-state index contributed by atoms with van der Waals surface area (Å²) in [6, 6.07) is 0. The van der Waals surface area contributed by atoms with Crippen molar-refractivity contribution in [2.75, 3.05) is 0 Å². The summed E-state index contributed by atoms with van der Waals surface area (Å²) in [6.07, 6.45) is 18.1. The minimum absolute atomic E-state index is 0.0709. The van der Waals surface area contributed by atoms with Crippen molar-refractivity contribution in [2.45, 2.75) is 101 Å². The number of unbranched alkanes of at least 4 members (excludes halogenated alkanes) is 11. The van der Waals surface area contributed by atoms with Crippen LogP contribution in [0.2, 0.25) is 0 Å². The van der Waals surface area contributed by atoms with Crippen molar-refractivity contribution < 1.29 is 0 Å². The van der Waals surface area contributed by atoms with Gasteiger partial charge in [0.05, 0.1) is 4.08 Å². The second-order valence-corrected chi connectivity index (χ2v) is 8.18. The van der Waals surface area contributed by atoms with Gasteiger partial charge in [-0.05, 0) is 13.3 Å². The first kappa shape index (κ1) is 18.7. The average Bonchev–Trinajstić information content (AvgIpc) is 2.29. The van der Waals surface area contributed by atoms with Crippen LogP contribution in [0.4, 0.5) is 0 Å². The van der Waals surface area contributed by atoms with Crippen LogP contribution in [0.5, 0.6) is 0 Å². The maximum absolute atomic E-state index is 4.42. The monoisotopic (exact) mass is 290 g/mol. The van der Waals surface area contributed by atoms with Gasteiger partial charge in [-0.2, -0.15) is 25.3 Å². The standard InChI is InChI=1S/C16H34S2/c1-3-4-5-6-7-8-9-10-11-12-13-14-15-16(2,17)18/h17-18H,3-15H2,1-2H3. The van der Waals surface area contributed by atoms with Crippen LogP contribution in [0.25, 0.3) is 0 Å². The maximum atomic E-state index is 4.42. The molecule has 0 nitrogen and oxygen atoms in total. The summed E-state index contributed by atoms with van der Waals surface area (Å²) >= 11 is 8.85. The minimum Gasteiger partial charge on any atom is -0.162 e. The lowest BCUT2D eigenvalue weighted by Gasteiger charge is -2.15. The van der Waals surface area contributed by atoms with Crippen LogP contribution in [0.1, 0.15) is 97.3 Å². The molecule has 0 radical (unpaired) electrons. The van der Waals surface area contributed by atoms with Gasteiger partial charge in [-0.1, -0.05) is 84.0 Å². The predicted octanol–water partition coefficient (Wildman–Crippen LogP) is 6.65. The second kappa shape index (κ2) is 12.7. The Balaban J connectivity index is 2.99. The van der Waals surface area contributed by atoms with Crippen molar-refractivity contribution >= 4 is 25.3 Å². The summed E-state index contributed by atoms with van der Waals surface area (Å²) in [7, 11) is 0. The van der Waals surface area contributed by atoms with Crippen LogP contribution in [0.3, 0.4) is 0 Å². The Morgan fingerprint density at radius 1 is 0.611 bits per heavy atom. The van der Waals surface area contributed by atoms with Gasteiger partial charge >= 0.3 is 0 Å². The smallest absolute Gasteiger partial charge is 0.0523 e. The van der Waals surface area contributed by atoms with Gasteiger partial charge in [-0.15, -0.1) is 0 Å². The topological polar surface area (TPSA) is 0 Å². The SMILES string of the molecule is CCCCCCCCCCCCCCC(C)(S)S. The Morgan fingerprint density at radius 3 is 1.28 bits per heavy atom. The zero-order valence-corrected chi connectivity index (χ0v) is 14.4. The van der Waals surface area contributed by atoms with E-state index in [0.29, 0.717) is 0 Å². The number of hydrogen-bond acceptors (Lipinski definition) is 2. The van der Waals surface area contributed by atoms with Gasteiger partial charge in [-0.25, -0.2) is 0 Å². The molecular formula is C16H34S2. The lowest BCUT2D eigenvalue weighted by Crippen LogP contribution is -2.05. The normalized spacial score (nSPS) is 12.0. The van der Waals surface area contributed by atoms with Crippen molar-refractivity contribution in [3.8, 4) is 0 Å². The molecule has 0 aromatic carbocycles. The highest BCUT2D eigenvalue weighted by atomic mass is 32.2. The molecular weight excluding hydrogens is 256 g/mol. The van der Waals surface area contributed by atoms with Gasteiger partial charge in [0, 0.05) is 0 Å². The molecule has 0 spiro atoms. The van der Waals surface area contributed by atoms with E-state index in [-0.39, 0.29) is 4.08 Å². The highest BCUT2D eigenvalue weighted by molar-refractivity contribution is 8.00. The van der Waals surface area contributed by atoms with Crippen molar-refractivity contribution in [1.82, 2.24) is 0 Å². The molecule has 18 heavy (non-hydrogen) atoms. The molecule has 2 heteroatoms. The first-order chi connectivity index (χ1) is 8.56. The van der Waals surface area contributed by atoms with E-state index in [1.165, 1.54) is 77.0 Å². The van der Waals surface area contributed by atoms with Crippen LogP contribution < -0.4 is 0 Å².